The van der Waals surface area contributed by atoms with E-state index in [1.54, 1.807) is 0 Å². The molecule has 0 aliphatic carbocycles. The largest absolute Gasteiger partial charge is 0.358 e. The van der Waals surface area contributed by atoms with Gasteiger partial charge in [-0.15, -0.1) is 11.3 Å². The molecule has 0 saturated carbocycles. The van der Waals surface area contributed by atoms with Crippen molar-refractivity contribution >= 4 is 46.0 Å². The van der Waals surface area contributed by atoms with Gasteiger partial charge in [0, 0.05) is 47.8 Å². The Labute approximate surface area is 182 Å². The van der Waals surface area contributed by atoms with Gasteiger partial charge in [-0.3, -0.25) is 4.90 Å². The number of halogens is 1. The van der Waals surface area contributed by atoms with Gasteiger partial charge in [0.25, 0.3) is 0 Å². The van der Waals surface area contributed by atoms with Crippen LogP contribution in [0.5, 0.6) is 0 Å². The van der Waals surface area contributed by atoms with E-state index in [4.69, 9.17) is 23.8 Å². The van der Waals surface area contributed by atoms with Gasteiger partial charge < -0.3 is 15.5 Å². The van der Waals surface area contributed by atoms with Gasteiger partial charge in [0.05, 0.1) is 6.04 Å². The van der Waals surface area contributed by atoms with Crippen molar-refractivity contribution in [3.63, 3.8) is 0 Å². The van der Waals surface area contributed by atoms with Crippen LogP contribution in [0.15, 0.2) is 35.7 Å². The minimum absolute atomic E-state index is 0.186. The molecule has 0 amide bonds. The first-order valence-corrected chi connectivity index (χ1v) is 11.5. The molecule has 1 fully saturated rings. The second kappa shape index (κ2) is 10.0. The summed E-state index contributed by atoms with van der Waals surface area (Å²) in [4.78, 5) is 6.48. The number of rotatable bonds is 6. The Morgan fingerprint density at radius 3 is 2.61 bits per heavy atom. The van der Waals surface area contributed by atoms with Crippen LogP contribution in [-0.4, -0.2) is 53.7 Å². The lowest BCUT2D eigenvalue weighted by molar-refractivity contribution is 0.0883. The van der Waals surface area contributed by atoms with Crippen molar-refractivity contribution in [1.29, 1.82) is 0 Å². The van der Waals surface area contributed by atoms with E-state index >= 15 is 0 Å². The summed E-state index contributed by atoms with van der Waals surface area (Å²) in [7, 11) is 0. The Morgan fingerprint density at radius 1 is 1.21 bits per heavy atom. The highest BCUT2D eigenvalue weighted by atomic mass is 35.5. The van der Waals surface area contributed by atoms with Gasteiger partial charge in [-0.05, 0) is 61.8 Å². The molecule has 0 radical (unpaired) electrons. The van der Waals surface area contributed by atoms with E-state index in [-0.39, 0.29) is 6.04 Å². The van der Waals surface area contributed by atoms with Crippen LogP contribution in [0.2, 0.25) is 5.02 Å². The first kappa shape index (κ1) is 21.5. The SMILES string of the molecule is CCN1CCN([C@H](c2cccs2)[C@H](C)NC(=S)Nc2cccc(Cl)c2C)CC1. The van der Waals surface area contributed by atoms with E-state index < -0.39 is 0 Å². The summed E-state index contributed by atoms with van der Waals surface area (Å²) in [5.41, 5.74) is 1.95. The lowest BCUT2D eigenvalue weighted by atomic mass is 10.0. The van der Waals surface area contributed by atoms with E-state index in [0.29, 0.717) is 11.2 Å². The second-order valence-corrected chi connectivity index (χ2v) is 9.02. The molecular formula is C21H29ClN4S2. The molecule has 1 aromatic carbocycles. The molecule has 28 heavy (non-hydrogen) atoms. The maximum atomic E-state index is 6.23. The summed E-state index contributed by atoms with van der Waals surface area (Å²) in [6, 6.07) is 10.7. The number of benzene rings is 1. The third-order valence-electron chi connectivity index (χ3n) is 5.43. The lowest BCUT2D eigenvalue weighted by Gasteiger charge is -2.41. The number of nitrogens with zero attached hydrogens (tertiary/aromatic N) is 2. The first-order chi connectivity index (χ1) is 13.5. The van der Waals surface area contributed by atoms with Crippen LogP contribution in [0.3, 0.4) is 0 Å². The van der Waals surface area contributed by atoms with Gasteiger partial charge in [-0.1, -0.05) is 30.7 Å². The van der Waals surface area contributed by atoms with Crippen LogP contribution in [0.1, 0.15) is 30.3 Å². The van der Waals surface area contributed by atoms with Crippen molar-refractivity contribution in [3.05, 3.63) is 51.2 Å². The van der Waals surface area contributed by atoms with Crippen LogP contribution < -0.4 is 10.6 Å². The van der Waals surface area contributed by atoms with Gasteiger partial charge in [0.1, 0.15) is 0 Å². The molecule has 0 spiro atoms. The van der Waals surface area contributed by atoms with Crippen molar-refractivity contribution in [3.8, 4) is 0 Å². The average Bonchev–Trinajstić information content (AvgIpc) is 3.20. The summed E-state index contributed by atoms with van der Waals surface area (Å²) < 4.78 is 0. The Kier molecular flexibility index (Phi) is 7.71. The number of likely N-dealkylation sites (N-methyl/N-ethyl adjacent to an activating group) is 1. The number of thiocarbonyl (C=S) groups is 1. The van der Waals surface area contributed by atoms with Gasteiger partial charge in [-0.2, -0.15) is 0 Å². The molecule has 3 rings (SSSR count). The standard InChI is InChI=1S/C21H29ClN4S2/c1-4-25-10-12-26(13-11-25)20(19-9-6-14-28-19)16(3)23-21(27)24-18-8-5-7-17(22)15(18)2/h5-9,14,16,20H,4,10-13H2,1-3H3,(H2,23,24,27)/t16-,20-/m0/s1. The fourth-order valence-corrected chi connectivity index (χ4v) is 5.18. The highest BCUT2D eigenvalue weighted by Gasteiger charge is 2.30. The summed E-state index contributed by atoms with van der Waals surface area (Å²) in [5, 5.41) is 10.4. The van der Waals surface area contributed by atoms with E-state index in [1.165, 1.54) is 4.88 Å². The summed E-state index contributed by atoms with van der Waals surface area (Å²) in [6.07, 6.45) is 0. The van der Waals surface area contributed by atoms with Gasteiger partial charge in [0.15, 0.2) is 5.11 Å². The van der Waals surface area contributed by atoms with Gasteiger partial charge in [0.2, 0.25) is 0 Å². The molecule has 2 atom stereocenters. The lowest BCUT2D eigenvalue weighted by Crippen LogP contribution is -2.52. The minimum Gasteiger partial charge on any atom is -0.358 e. The molecule has 0 bridgehead atoms. The molecule has 1 aliphatic rings. The first-order valence-electron chi connectivity index (χ1n) is 9.82. The Bertz CT molecular complexity index is 773. The quantitative estimate of drug-likeness (QED) is 0.637. The Morgan fingerprint density at radius 2 is 1.96 bits per heavy atom. The molecule has 152 valence electrons. The van der Waals surface area contributed by atoms with Crippen molar-refractivity contribution in [1.82, 2.24) is 15.1 Å². The van der Waals surface area contributed by atoms with Crippen LogP contribution in [-0.2, 0) is 0 Å². The summed E-state index contributed by atoms with van der Waals surface area (Å²) in [5.74, 6) is 0. The van der Waals surface area contributed by atoms with E-state index in [9.17, 15) is 0 Å². The number of piperazine rings is 1. The van der Waals surface area contributed by atoms with E-state index in [0.717, 1.165) is 49.0 Å². The third kappa shape index (κ3) is 5.24. The predicted molar refractivity (Wildman–Crippen MR) is 126 cm³/mol. The summed E-state index contributed by atoms with van der Waals surface area (Å²) in [6.45, 7) is 12.0. The maximum absolute atomic E-state index is 6.23. The number of anilines is 1. The molecule has 4 nitrogen and oxygen atoms in total. The fourth-order valence-electron chi connectivity index (χ4n) is 3.75. The van der Waals surface area contributed by atoms with Gasteiger partial charge >= 0.3 is 0 Å². The van der Waals surface area contributed by atoms with Crippen molar-refractivity contribution in [2.75, 3.05) is 38.0 Å². The van der Waals surface area contributed by atoms with Crippen molar-refractivity contribution in [2.24, 2.45) is 0 Å². The predicted octanol–water partition coefficient (Wildman–Crippen LogP) is 4.76. The van der Waals surface area contributed by atoms with Crippen LogP contribution >= 0.6 is 35.2 Å². The molecule has 2 aromatic rings. The van der Waals surface area contributed by atoms with Crippen LogP contribution in [0.4, 0.5) is 5.69 Å². The van der Waals surface area contributed by atoms with Crippen LogP contribution in [0, 0.1) is 6.92 Å². The van der Waals surface area contributed by atoms with E-state index in [1.807, 2.05) is 36.5 Å². The highest BCUT2D eigenvalue weighted by molar-refractivity contribution is 7.80. The monoisotopic (exact) mass is 436 g/mol. The normalized spacial score (nSPS) is 17.9. The molecule has 2 heterocycles. The zero-order valence-corrected chi connectivity index (χ0v) is 19.1. The molecule has 0 unspecified atom stereocenters. The number of hydrogen-bond donors (Lipinski definition) is 2. The second-order valence-electron chi connectivity index (χ2n) is 7.23. The third-order valence-corrected chi connectivity index (χ3v) is 7.00. The highest BCUT2D eigenvalue weighted by Crippen LogP contribution is 2.29. The zero-order chi connectivity index (χ0) is 20.1. The number of thiophene rings is 1. The fraction of sp³-hybridized carbons (Fsp3) is 0.476. The maximum Gasteiger partial charge on any atom is 0.171 e. The molecule has 2 N–H and O–H groups in total. The topological polar surface area (TPSA) is 30.5 Å². The molecule has 1 saturated heterocycles. The summed E-state index contributed by atoms with van der Waals surface area (Å²) >= 11 is 13.7. The van der Waals surface area contributed by atoms with Crippen molar-refractivity contribution < 1.29 is 0 Å². The Balaban J connectivity index is 1.68. The molecule has 1 aliphatic heterocycles. The molecule has 1 aromatic heterocycles. The zero-order valence-electron chi connectivity index (χ0n) is 16.7. The van der Waals surface area contributed by atoms with Crippen molar-refractivity contribution in [2.45, 2.75) is 32.9 Å². The van der Waals surface area contributed by atoms with E-state index in [2.05, 4.69) is 51.8 Å². The minimum atomic E-state index is 0.186. The number of nitrogens with one attached hydrogen (secondary N) is 2. The number of hydrogen-bond acceptors (Lipinski definition) is 4. The molecule has 7 heteroatoms. The average molecular weight is 437 g/mol. The van der Waals surface area contributed by atoms with Gasteiger partial charge in [-0.25, -0.2) is 0 Å². The Hall–Kier alpha value is -1.18. The smallest absolute Gasteiger partial charge is 0.171 e. The molecular weight excluding hydrogens is 408 g/mol. The van der Waals surface area contributed by atoms with Crippen LogP contribution in [0.25, 0.3) is 0 Å².